The second-order valence-corrected chi connectivity index (χ2v) is 5.39. The molecule has 3 rings (SSSR count). The van der Waals surface area contributed by atoms with Gasteiger partial charge in [0.1, 0.15) is 11.5 Å². The second kappa shape index (κ2) is 9.44. The van der Waals surface area contributed by atoms with Crippen molar-refractivity contribution in [3.05, 3.63) is 23.9 Å². The van der Waals surface area contributed by atoms with Crippen molar-refractivity contribution in [2.75, 3.05) is 31.1 Å². The Hall–Kier alpha value is -1.58. The van der Waals surface area contributed by atoms with Crippen LogP contribution in [0, 0.1) is 5.92 Å². The molecule has 0 bridgehead atoms. The zero-order valence-electron chi connectivity index (χ0n) is 14.8. The summed E-state index contributed by atoms with van der Waals surface area (Å²) < 4.78 is 0. The van der Waals surface area contributed by atoms with E-state index in [0.29, 0.717) is 5.69 Å². The highest BCUT2D eigenvalue weighted by molar-refractivity contribution is 5.92. The highest BCUT2D eigenvalue weighted by Gasteiger charge is 2.25. The molecule has 0 atom stereocenters. The van der Waals surface area contributed by atoms with Gasteiger partial charge >= 0.3 is 0 Å². The lowest BCUT2D eigenvalue weighted by Gasteiger charge is -2.38. The van der Waals surface area contributed by atoms with Crippen molar-refractivity contribution in [2.45, 2.75) is 47.5 Å². The number of amides is 1. The van der Waals surface area contributed by atoms with Gasteiger partial charge in [-0.2, -0.15) is 0 Å². The molecule has 1 amide bonds. The van der Waals surface area contributed by atoms with Crippen LogP contribution in [0.15, 0.2) is 18.2 Å². The van der Waals surface area contributed by atoms with Gasteiger partial charge in [0.05, 0.1) is 0 Å². The highest BCUT2D eigenvalue weighted by atomic mass is 16.2. The molecule has 0 aromatic carbocycles. The molecule has 0 spiro atoms. The van der Waals surface area contributed by atoms with Crippen molar-refractivity contribution < 1.29 is 4.79 Å². The molecule has 0 radical (unpaired) electrons. The number of rotatable bonds is 2. The van der Waals surface area contributed by atoms with E-state index in [1.807, 2.05) is 50.8 Å². The summed E-state index contributed by atoms with van der Waals surface area (Å²) in [7, 11) is 0. The Kier molecular flexibility index (Phi) is 7.92. The number of likely N-dealkylation sites (tertiary alicyclic amines) is 1. The molecule has 0 N–H and O–H groups in total. The molecule has 124 valence electrons. The van der Waals surface area contributed by atoms with Crippen molar-refractivity contribution in [1.82, 2.24) is 9.88 Å². The van der Waals surface area contributed by atoms with Gasteiger partial charge in [-0.1, -0.05) is 40.7 Å². The summed E-state index contributed by atoms with van der Waals surface area (Å²) in [6, 6.07) is 5.76. The van der Waals surface area contributed by atoms with Crippen LogP contribution in [0.25, 0.3) is 0 Å². The molecule has 4 nitrogen and oxygen atoms in total. The Morgan fingerprint density at radius 3 is 2.23 bits per heavy atom. The van der Waals surface area contributed by atoms with Crippen LogP contribution in [0.5, 0.6) is 0 Å². The Morgan fingerprint density at radius 2 is 1.68 bits per heavy atom. The number of nitrogens with zero attached hydrogens (tertiary/aromatic N) is 3. The van der Waals surface area contributed by atoms with Gasteiger partial charge in [0.25, 0.3) is 5.91 Å². The van der Waals surface area contributed by atoms with Crippen molar-refractivity contribution in [3.8, 4) is 0 Å². The molecule has 22 heavy (non-hydrogen) atoms. The topological polar surface area (TPSA) is 36.4 Å². The van der Waals surface area contributed by atoms with E-state index < -0.39 is 0 Å². The maximum Gasteiger partial charge on any atom is 0.272 e. The number of hydrogen-bond acceptors (Lipinski definition) is 3. The van der Waals surface area contributed by atoms with Gasteiger partial charge in [-0.25, -0.2) is 4.98 Å². The predicted molar refractivity (Wildman–Crippen MR) is 93.4 cm³/mol. The van der Waals surface area contributed by atoms with Crippen LogP contribution in [0.3, 0.4) is 0 Å². The maximum atomic E-state index is 12.2. The number of carbonyl (C=O) groups is 1. The van der Waals surface area contributed by atoms with Crippen LogP contribution in [-0.2, 0) is 0 Å². The molecular weight excluding hydrogens is 274 g/mol. The predicted octanol–water partition coefficient (Wildman–Crippen LogP) is 3.83. The molecule has 0 unspecified atom stereocenters. The Labute approximate surface area is 135 Å². The quantitative estimate of drug-likeness (QED) is 0.833. The number of pyridine rings is 1. The Morgan fingerprint density at radius 1 is 1.09 bits per heavy atom. The van der Waals surface area contributed by atoms with Gasteiger partial charge in [0.2, 0.25) is 0 Å². The van der Waals surface area contributed by atoms with Crippen molar-refractivity contribution in [1.29, 1.82) is 0 Å². The van der Waals surface area contributed by atoms with Crippen LogP contribution >= 0.6 is 0 Å². The maximum absolute atomic E-state index is 12.2. The molecule has 1 aromatic rings. The minimum Gasteiger partial charge on any atom is -0.356 e. The number of hydrogen-bond donors (Lipinski definition) is 0. The molecule has 2 aliphatic heterocycles. The summed E-state index contributed by atoms with van der Waals surface area (Å²) in [4.78, 5) is 20.9. The van der Waals surface area contributed by atoms with Crippen LogP contribution in [-0.4, -0.2) is 42.0 Å². The van der Waals surface area contributed by atoms with E-state index in [-0.39, 0.29) is 5.91 Å². The van der Waals surface area contributed by atoms with Crippen LogP contribution < -0.4 is 4.90 Å². The highest BCUT2D eigenvalue weighted by Crippen LogP contribution is 2.22. The first kappa shape index (κ1) is 18.5. The molecule has 2 aliphatic rings. The van der Waals surface area contributed by atoms with E-state index in [9.17, 15) is 4.79 Å². The average molecular weight is 305 g/mol. The fraction of sp³-hybridized carbons (Fsp3) is 0.667. The zero-order chi connectivity index (χ0) is 16.5. The van der Waals surface area contributed by atoms with Crippen molar-refractivity contribution >= 4 is 11.7 Å². The molecule has 0 aliphatic carbocycles. The smallest absolute Gasteiger partial charge is 0.272 e. The number of aromatic nitrogens is 1. The minimum absolute atomic E-state index is 0.0860. The zero-order valence-corrected chi connectivity index (χ0v) is 14.8. The Balaban J connectivity index is 0.000000561. The average Bonchev–Trinajstić information content (AvgIpc) is 3.09. The first-order chi connectivity index (χ1) is 10.7. The summed E-state index contributed by atoms with van der Waals surface area (Å²) in [6.45, 7) is 14.1. The lowest BCUT2D eigenvalue weighted by molar-refractivity contribution is 0.0787. The van der Waals surface area contributed by atoms with Gasteiger partial charge in [0, 0.05) is 26.2 Å². The summed E-state index contributed by atoms with van der Waals surface area (Å²) in [5.74, 6) is 1.77. The molecule has 2 fully saturated rings. The van der Waals surface area contributed by atoms with E-state index in [2.05, 4.69) is 16.8 Å². The second-order valence-electron chi connectivity index (χ2n) is 5.39. The first-order valence-electron chi connectivity index (χ1n) is 8.75. The number of anilines is 1. The lowest BCUT2D eigenvalue weighted by atomic mass is 10.0. The summed E-state index contributed by atoms with van der Waals surface area (Å²) in [5.41, 5.74) is 0.592. The fourth-order valence-electron chi connectivity index (χ4n) is 2.69. The monoisotopic (exact) mass is 305 g/mol. The number of carbonyl (C=O) groups excluding carboxylic acids is 1. The van der Waals surface area contributed by atoms with E-state index in [4.69, 9.17) is 0 Å². The molecule has 2 saturated heterocycles. The van der Waals surface area contributed by atoms with Gasteiger partial charge < -0.3 is 9.80 Å². The third kappa shape index (κ3) is 4.46. The van der Waals surface area contributed by atoms with Crippen molar-refractivity contribution in [3.63, 3.8) is 0 Å². The third-order valence-corrected chi connectivity index (χ3v) is 3.73. The largest absolute Gasteiger partial charge is 0.356 e. The van der Waals surface area contributed by atoms with E-state index in [1.165, 1.54) is 0 Å². The SMILES string of the molecule is CC.CC.CC1CN(c2cccc(C(=O)N3CCCC3)n2)C1. The summed E-state index contributed by atoms with van der Waals surface area (Å²) >= 11 is 0. The normalized spacial score (nSPS) is 17.0. The van der Waals surface area contributed by atoms with Gasteiger partial charge in [-0.15, -0.1) is 0 Å². The molecule has 0 saturated carbocycles. The van der Waals surface area contributed by atoms with Crippen LogP contribution in [0.2, 0.25) is 0 Å². The van der Waals surface area contributed by atoms with E-state index in [0.717, 1.165) is 50.8 Å². The molecule has 4 heteroatoms. The summed E-state index contributed by atoms with van der Waals surface area (Å²) in [6.07, 6.45) is 2.24. The lowest BCUT2D eigenvalue weighted by Crippen LogP contribution is -2.45. The van der Waals surface area contributed by atoms with Gasteiger partial charge in [-0.3, -0.25) is 4.79 Å². The molecule has 3 heterocycles. The third-order valence-electron chi connectivity index (χ3n) is 3.73. The molecular formula is C18H31N3O. The van der Waals surface area contributed by atoms with Gasteiger partial charge in [0.15, 0.2) is 0 Å². The summed E-state index contributed by atoms with van der Waals surface area (Å²) in [5, 5.41) is 0. The standard InChI is InChI=1S/C14H19N3O.2C2H6/c1-11-9-17(10-11)13-6-4-5-12(15-13)14(18)16-7-2-3-8-16;2*1-2/h4-6,11H,2-3,7-10H2,1H3;2*1-2H3. The first-order valence-corrected chi connectivity index (χ1v) is 8.75. The van der Waals surface area contributed by atoms with Crippen LogP contribution in [0.4, 0.5) is 5.82 Å². The van der Waals surface area contributed by atoms with Gasteiger partial charge in [-0.05, 0) is 30.9 Å². The van der Waals surface area contributed by atoms with E-state index >= 15 is 0 Å². The Bertz CT molecular complexity index is 449. The van der Waals surface area contributed by atoms with Crippen LogP contribution in [0.1, 0.15) is 57.9 Å². The fourth-order valence-corrected chi connectivity index (χ4v) is 2.69. The molecule has 1 aromatic heterocycles. The van der Waals surface area contributed by atoms with E-state index in [1.54, 1.807) is 0 Å². The minimum atomic E-state index is 0.0860. The van der Waals surface area contributed by atoms with Crippen molar-refractivity contribution in [2.24, 2.45) is 5.92 Å².